The minimum absolute atomic E-state index is 0.352. The topological polar surface area (TPSA) is 24.9 Å². The van der Waals surface area contributed by atoms with Crippen molar-refractivity contribution in [3.8, 4) is 0 Å². The smallest absolute Gasteiger partial charge is 0.0315 e. The first-order valence-corrected chi connectivity index (χ1v) is 6.36. The van der Waals surface area contributed by atoms with Crippen LogP contribution in [0.4, 0.5) is 0 Å². The van der Waals surface area contributed by atoms with E-state index in [1.54, 1.807) is 0 Å². The molecule has 1 atom stereocenters. The van der Waals surface area contributed by atoms with Crippen LogP contribution in [0.3, 0.4) is 0 Å². The Kier molecular flexibility index (Phi) is 4.11. The molecule has 0 saturated heterocycles. The van der Waals surface area contributed by atoms with Gasteiger partial charge in [0.25, 0.3) is 0 Å². The van der Waals surface area contributed by atoms with Crippen LogP contribution in [-0.2, 0) is 6.54 Å². The summed E-state index contributed by atoms with van der Waals surface area (Å²) in [7, 11) is 0. The highest BCUT2D eigenvalue weighted by atomic mass is 14.9. The molecule has 1 N–H and O–H groups in total. The molecule has 1 aromatic heterocycles. The number of hydrogen-bond acceptors (Lipinski definition) is 2. The zero-order valence-electron chi connectivity index (χ0n) is 11.3. The number of nitrogens with one attached hydrogen (secondary N) is 1. The predicted molar refractivity (Wildman–Crippen MR) is 75.4 cm³/mol. The van der Waals surface area contributed by atoms with Gasteiger partial charge in [0.05, 0.1) is 0 Å². The zero-order chi connectivity index (χ0) is 13.0. The summed E-state index contributed by atoms with van der Waals surface area (Å²) in [6.45, 7) is 7.28. The summed E-state index contributed by atoms with van der Waals surface area (Å²) >= 11 is 0. The van der Waals surface area contributed by atoms with Crippen molar-refractivity contribution in [3.05, 3.63) is 65.0 Å². The van der Waals surface area contributed by atoms with Gasteiger partial charge in [-0.05, 0) is 43.5 Å². The van der Waals surface area contributed by atoms with Gasteiger partial charge < -0.3 is 5.32 Å². The lowest BCUT2D eigenvalue weighted by Crippen LogP contribution is -2.18. The van der Waals surface area contributed by atoms with Gasteiger partial charge in [-0.3, -0.25) is 4.98 Å². The van der Waals surface area contributed by atoms with Crippen LogP contribution in [-0.4, -0.2) is 4.98 Å². The Bertz CT molecular complexity index is 503. The molecule has 0 spiro atoms. The van der Waals surface area contributed by atoms with Crippen molar-refractivity contribution in [2.75, 3.05) is 0 Å². The molecule has 2 rings (SSSR count). The first kappa shape index (κ1) is 12.8. The van der Waals surface area contributed by atoms with Crippen molar-refractivity contribution in [3.63, 3.8) is 0 Å². The Labute approximate surface area is 109 Å². The second-order valence-corrected chi connectivity index (χ2v) is 4.82. The summed E-state index contributed by atoms with van der Waals surface area (Å²) in [5.41, 5.74) is 5.17. The molecule has 1 unspecified atom stereocenters. The maximum atomic E-state index is 4.17. The monoisotopic (exact) mass is 240 g/mol. The average Bonchev–Trinajstić information content (AvgIpc) is 2.38. The summed E-state index contributed by atoms with van der Waals surface area (Å²) in [4.78, 5) is 4.17. The molecule has 0 amide bonds. The van der Waals surface area contributed by atoms with Gasteiger partial charge in [0.2, 0.25) is 0 Å². The maximum absolute atomic E-state index is 4.17. The fraction of sp³-hybridized carbons (Fsp3) is 0.312. The Morgan fingerprint density at radius 3 is 2.50 bits per heavy atom. The van der Waals surface area contributed by atoms with Crippen molar-refractivity contribution in [2.24, 2.45) is 0 Å². The lowest BCUT2D eigenvalue weighted by atomic mass is 10.1. The number of rotatable bonds is 4. The van der Waals surface area contributed by atoms with E-state index in [0.717, 1.165) is 6.54 Å². The van der Waals surface area contributed by atoms with Crippen LogP contribution < -0.4 is 5.32 Å². The highest BCUT2D eigenvalue weighted by Crippen LogP contribution is 2.14. The van der Waals surface area contributed by atoms with Crippen molar-refractivity contribution >= 4 is 0 Å². The molecule has 0 bridgehead atoms. The molecule has 2 heteroatoms. The van der Waals surface area contributed by atoms with Crippen LogP contribution in [0.15, 0.2) is 42.7 Å². The summed E-state index contributed by atoms with van der Waals surface area (Å²) in [6, 6.07) is 11.1. The number of aryl methyl sites for hydroxylation is 2. The van der Waals surface area contributed by atoms with Gasteiger partial charge in [0, 0.05) is 25.0 Å². The third-order valence-corrected chi connectivity index (χ3v) is 3.32. The molecule has 2 aromatic rings. The fourth-order valence-corrected chi connectivity index (χ4v) is 1.92. The number of benzene rings is 1. The van der Waals surface area contributed by atoms with Gasteiger partial charge in [-0.25, -0.2) is 0 Å². The van der Waals surface area contributed by atoms with Crippen molar-refractivity contribution in [1.29, 1.82) is 0 Å². The van der Waals surface area contributed by atoms with Gasteiger partial charge in [-0.2, -0.15) is 0 Å². The molecule has 0 aliphatic carbocycles. The zero-order valence-corrected chi connectivity index (χ0v) is 11.3. The molecule has 1 heterocycles. The molecular formula is C16H20N2. The number of aromatic nitrogens is 1. The Morgan fingerprint density at radius 1 is 1.11 bits per heavy atom. The van der Waals surface area contributed by atoms with Crippen LogP contribution in [0.5, 0.6) is 0 Å². The molecule has 0 fully saturated rings. The number of hydrogen-bond donors (Lipinski definition) is 1. The van der Waals surface area contributed by atoms with Gasteiger partial charge in [0.1, 0.15) is 0 Å². The van der Waals surface area contributed by atoms with E-state index in [1.165, 1.54) is 22.3 Å². The lowest BCUT2D eigenvalue weighted by Gasteiger charge is -2.15. The second kappa shape index (κ2) is 5.78. The summed E-state index contributed by atoms with van der Waals surface area (Å²) in [5.74, 6) is 0. The molecule has 1 aromatic carbocycles. The molecule has 18 heavy (non-hydrogen) atoms. The second-order valence-electron chi connectivity index (χ2n) is 4.82. The van der Waals surface area contributed by atoms with E-state index in [4.69, 9.17) is 0 Å². The predicted octanol–water partition coefficient (Wildman–Crippen LogP) is 3.55. The first-order valence-electron chi connectivity index (χ1n) is 6.36. The minimum atomic E-state index is 0.352. The molecule has 0 aliphatic rings. The molecule has 0 aliphatic heterocycles. The van der Waals surface area contributed by atoms with Crippen LogP contribution in [0.2, 0.25) is 0 Å². The van der Waals surface area contributed by atoms with Crippen LogP contribution in [0.1, 0.15) is 35.2 Å². The third-order valence-electron chi connectivity index (χ3n) is 3.32. The number of pyridine rings is 1. The fourth-order valence-electron chi connectivity index (χ4n) is 1.92. The quantitative estimate of drug-likeness (QED) is 0.884. The molecule has 0 radical (unpaired) electrons. The van der Waals surface area contributed by atoms with E-state index in [-0.39, 0.29) is 0 Å². The van der Waals surface area contributed by atoms with E-state index in [2.05, 4.69) is 55.3 Å². The van der Waals surface area contributed by atoms with Gasteiger partial charge in [-0.1, -0.05) is 29.8 Å². The van der Waals surface area contributed by atoms with Crippen LogP contribution in [0, 0.1) is 13.8 Å². The normalized spacial score (nSPS) is 12.4. The highest BCUT2D eigenvalue weighted by Gasteiger charge is 2.05. The Morgan fingerprint density at radius 2 is 1.83 bits per heavy atom. The molecule has 0 saturated carbocycles. The average molecular weight is 240 g/mol. The van der Waals surface area contributed by atoms with Gasteiger partial charge in [-0.15, -0.1) is 0 Å². The van der Waals surface area contributed by atoms with Gasteiger partial charge >= 0.3 is 0 Å². The largest absolute Gasteiger partial charge is 0.306 e. The summed E-state index contributed by atoms with van der Waals surface area (Å²) in [5, 5.41) is 3.54. The summed E-state index contributed by atoms with van der Waals surface area (Å²) < 4.78 is 0. The highest BCUT2D eigenvalue weighted by molar-refractivity contribution is 5.25. The lowest BCUT2D eigenvalue weighted by molar-refractivity contribution is 0.572. The van der Waals surface area contributed by atoms with Crippen LogP contribution >= 0.6 is 0 Å². The van der Waals surface area contributed by atoms with Gasteiger partial charge in [0.15, 0.2) is 0 Å². The standard InChI is InChI=1S/C16H20N2/c1-12-4-6-15(7-5-12)14(3)18-11-16-10-17-9-8-13(16)2/h4-10,14,18H,11H2,1-3H3. The van der Waals surface area contributed by atoms with E-state index >= 15 is 0 Å². The van der Waals surface area contributed by atoms with Crippen molar-refractivity contribution < 1.29 is 0 Å². The van der Waals surface area contributed by atoms with E-state index in [9.17, 15) is 0 Å². The van der Waals surface area contributed by atoms with E-state index in [1.807, 2.05) is 18.5 Å². The Hall–Kier alpha value is -1.67. The van der Waals surface area contributed by atoms with Crippen molar-refractivity contribution in [2.45, 2.75) is 33.4 Å². The Balaban J connectivity index is 1.98. The molecule has 2 nitrogen and oxygen atoms in total. The molecular weight excluding hydrogens is 220 g/mol. The SMILES string of the molecule is Cc1ccc(C(C)NCc2cnccc2C)cc1. The summed E-state index contributed by atoms with van der Waals surface area (Å²) in [6.07, 6.45) is 3.77. The van der Waals surface area contributed by atoms with Crippen LogP contribution in [0.25, 0.3) is 0 Å². The first-order chi connectivity index (χ1) is 8.66. The molecule has 94 valence electrons. The van der Waals surface area contributed by atoms with E-state index in [0.29, 0.717) is 6.04 Å². The van der Waals surface area contributed by atoms with Crippen molar-refractivity contribution in [1.82, 2.24) is 10.3 Å². The van der Waals surface area contributed by atoms with E-state index < -0.39 is 0 Å². The number of nitrogens with zero attached hydrogens (tertiary/aromatic N) is 1. The maximum Gasteiger partial charge on any atom is 0.0315 e. The third kappa shape index (κ3) is 3.17. The minimum Gasteiger partial charge on any atom is -0.306 e.